The van der Waals surface area contributed by atoms with Crippen LogP contribution in [0.2, 0.25) is 0 Å². The molecule has 0 saturated carbocycles. The first-order chi connectivity index (χ1) is 10.2. The molecule has 0 spiro atoms. The Morgan fingerprint density at radius 1 is 1.14 bits per heavy atom. The van der Waals surface area contributed by atoms with Gasteiger partial charge in [-0.05, 0) is 49.4 Å². The predicted molar refractivity (Wildman–Crippen MR) is 79.4 cm³/mol. The molecule has 2 aromatic heterocycles. The zero-order valence-electron chi connectivity index (χ0n) is 11.7. The molecular weight excluding hydrogens is 266 g/mol. The Bertz CT molecular complexity index is 670. The van der Waals surface area contributed by atoms with Crippen molar-refractivity contribution in [1.29, 1.82) is 0 Å². The third kappa shape index (κ3) is 3.18. The second kappa shape index (κ2) is 5.91. The number of carbonyl (C=O) groups is 1. The number of pyridine rings is 2. The van der Waals surface area contributed by atoms with E-state index < -0.39 is 5.97 Å². The molecule has 0 bridgehead atoms. The molecule has 1 aliphatic rings. The second-order valence-electron chi connectivity index (χ2n) is 5.18. The standard InChI is InChI=1S/C16H17N3O2/c20-16(21)14-6-3-7-15(19-14)17-10-12-9-8-11-4-1-2-5-13(11)18-12/h3,6-9H,1-2,4-5,10H2,(H,17,19)(H,20,21). The lowest BCUT2D eigenvalue weighted by molar-refractivity contribution is 0.0690. The fourth-order valence-electron chi connectivity index (χ4n) is 2.56. The number of nitrogens with one attached hydrogen (secondary N) is 1. The first-order valence-electron chi connectivity index (χ1n) is 7.14. The van der Waals surface area contributed by atoms with Gasteiger partial charge in [0.25, 0.3) is 0 Å². The van der Waals surface area contributed by atoms with Crippen LogP contribution in [-0.4, -0.2) is 21.0 Å². The van der Waals surface area contributed by atoms with Gasteiger partial charge in [0.2, 0.25) is 0 Å². The van der Waals surface area contributed by atoms with Crippen molar-refractivity contribution in [2.45, 2.75) is 32.2 Å². The quantitative estimate of drug-likeness (QED) is 0.902. The monoisotopic (exact) mass is 283 g/mol. The Morgan fingerprint density at radius 2 is 2.00 bits per heavy atom. The fraction of sp³-hybridized carbons (Fsp3) is 0.312. The van der Waals surface area contributed by atoms with Gasteiger partial charge in [0.05, 0.1) is 12.2 Å². The van der Waals surface area contributed by atoms with Crippen LogP contribution in [0.5, 0.6) is 0 Å². The van der Waals surface area contributed by atoms with E-state index in [0.29, 0.717) is 12.4 Å². The number of rotatable bonds is 4. The average molecular weight is 283 g/mol. The van der Waals surface area contributed by atoms with Crippen molar-refractivity contribution in [2.24, 2.45) is 0 Å². The van der Waals surface area contributed by atoms with Crippen LogP contribution in [0.3, 0.4) is 0 Å². The van der Waals surface area contributed by atoms with Crippen molar-refractivity contribution in [1.82, 2.24) is 9.97 Å². The van der Waals surface area contributed by atoms with Gasteiger partial charge in [-0.25, -0.2) is 9.78 Å². The molecule has 1 aliphatic carbocycles. The lowest BCUT2D eigenvalue weighted by atomic mass is 9.96. The third-order valence-corrected chi connectivity index (χ3v) is 3.65. The van der Waals surface area contributed by atoms with Crippen LogP contribution in [0.25, 0.3) is 0 Å². The van der Waals surface area contributed by atoms with Gasteiger partial charge in [-0.2, -0.15) is 0 Å². The summed E-state index contributed by atoms with van der Waals surface area (Å²) in [6, 6.07) is 9.09. The minimum atomic E-state index is -1.02. The van der Waals surface area contributed by atoms with E-state index in [9.17, 15) is 4.79 Å². The molecule has 3 rings (SSSR count). The van der Waals surface area contributed by atoms with Crippen molar-refractivity contribution >= 4 is 11.8 Å². The number of hydrogen-bond acceptors (Lipinski definition) is 4. The van der Waals surface area contributed by atoms with Crippen LogP contribution in [0.4, 0.5) is 5.82 Å². The lowest BCUT2D eigenvalue weighted by Crippen LogP contribution is -2.10. The van der Waals surface area contributed by atoms with E-state index in [1.54, 1.807) is 12.1 Å². The van der Waals surface area contributed by atoms with Crippen molar-refractivity contribution in [2.75, 3.05) is 5.32 Å². The van der Waals surface area contributed by atoms with E-state index in [0.717, 1.165) is 18.5 Å². The normalized spacial score (nSPS) is 13.5. The zero-order valence-corrected chi connectivity index (χ0v) is 11.7. The molecule has 21 heavy (non-hydrogen) atoms. The van der Waals surface area contributed by atoms with Gasteiger partial charge in [-0.15, -0.1) is 0 Å². The van der Waals surface area contributed by atoms with Crippen molar-refractivity contribution in [3.8, 4) is 0 Å². The summed E-state index contributed by atoms with van der Waals surface area (Å²) < 4.78 is 0. The van der Waals surface area contributed by atoms with E-state index in [2.05, 4.69) is 21.4 Å². The average Bonchev–Trinajstić information content (AvgIpc) is 2.53. The van der Waals surface area contributed by atoms with E-state index in [-0.39, 0.29) is 5.69 Å². The maximum Gasteiger partial charge on any atom is 0.354 e. The molecule has 0 radical (unpaired) electrons. The Hall–Kier alpha value is -2.43. The lowest BCUT2D eigenvalue weighted by Gasteiger charge is -2.15. The molecule has 2 N–H and O–H groups in total. The minimum absolute atomic E-state index is 0.0402. The molecular formula is C16H17N3O2. The molecule has 2 heterocycles. The highest BCUT2D eigenvalue weighted by Gasteiger charge is 2.11. The summed E-state index contributed by atoms with van der Waals surface area (Å²) in [4.78, 5) is 19.6. The molecule has 5 nitrogen and oxygen atoms in total. The number of aromatic carboxylic acids is 1. The van der Waals surface area contributed by atoms with Gasteiger partial charge in [0.1, 0.15) is 5.82 Å². The van der Waals surface area contributed by atoms with Crippen LogP contribution in [0, 0.1) is 0 Å². The number of aromatic nitrogens is 2. The number of hydrogen-bond donors (Lipinski definition) is 2. The van der Waals surface area contributed by atoms with Crippen LogP contribution >= 0.6 is 0 Å². The summed E-state index contributed by atoms with van der Waals surface area (Å²) in [7, 11) is 0. The van der Waals surface area contributed by atoms with Gasteiger partial charge >= 0.3 is 5.97 Å². The molecule has 5 heteroatoms. The predicted octanol–water partition coefficient (Wildman–Crippen LogP) is 2.67. The van der Waals surface area contributed by atoms with Gasteiger partial charge in [0.15, 0.2) is 5.69 Å². The van der Waals surface area contributed by atoms with E-state index >= 15 is 0 Å². The van der Waals surface area contributed by atoms with Crippen molar-refractivity contribution in [3.05, 3.63) is 53.0 Å². The molecule has 0 amide bonds. The van der Waals surface area contributed by atoms with Gasteiger partial charge in [0, 0.05) is 5.69 Å². The van der Waals surface area contributed by atoms with Crippen molar-refractivity contribution in [3.63, 3.8) is 0 Å². The zero-order chi connectivity index (χ0) is 14.7. The summed E-state index contributed by atoms with van der Waals surface area (Å²) in [6.45, 7) is 0.545. The highest BCUT2D eigenvalue weighted by molar-refractivity contribution is 5.85. The van der Waals surface area contributed by atoms with Crippen LogP contribution in [0.1, 0.15) is 40.3 Å². The van der Waals surface area contributed by atoms with E-state index in [4.69, 9.17) is 5.11 Å². The van der Waals surface area contributed by atoms with Crippen LogP contribution in [-0.2, 0) is 19.4 Å². The summed E-state index contributed by atoms with van der Waals surface area (Å²) in [5, 5.41) is 12.1. The number of aryl methyl sites for hydroxylation is 2. The highest BCUT2D eigenvalue weighted by Crippen LogP contribution is 2.19. The Balaban J connectivity index is 1.70. The molecule has 0 saturated heterocycles. The number of fused-ring (bicyclic) bond motifs is 1. The summed E-state index contributed by atoms with van der Waals surface area (Å²) >= 11 is 0. The number of anilines is 1. The smallest absolute Gasteiger partial charge is 0.354 e. The minimum Gasteiger partial charge on any atom is -0.477 e. The number of carboxylic acid groups (broad SMARTS) is 1. The van der Waals surface area contributed by atoms with Crippen LogP contribution < -0.4 is 5.32 Å². The maximum atomic E-state index is 10.9. The number of nitrogens with zero attached hydrogens (tertiary/aromatic N) is 2. The summed E-state index contributed by atoms with van der Waals surface area (Å²) in [6.07, 6.45) is 4.63. The topological polar surface area (TPSA) is 75.1 Å². The molecule has 0 aliphatic heterocycles. The van der Waals surface area contributed by atoms with E-state index in [1.807, 2.05) is 6.07 Å². The number of carboxylic acids is 1. The van der Waals surface area contributed by atoms with E-state index in [1.165, 1.54) is 30.2 Å². The first-order valence-corrected chi connectivity index (χ1v) is 7.14. The third-order valence-electron chi connectivity index (χ3n) is 3.65. The molecule has 2 aromatic rings. The molecule has 108 valence electrons. The summed E-state index contributed by atoms with van der Waals surface area (Å²) in [5.74, 6) is -0.472. The van der Waals surface area contributed by atoms with Crippen LogP contribution in [0.15, 0.2) is 30.3 Å². The van der Waals surface area contributed by atoms with Crippen molar-refractivity contribution < 1.29 is 9.90 Å². The molecule has 0 fully saturated rings. The Kier molecular flexibility index (Phi) is 3.81. The Labute approximate surface area is 123 Å². The Morgan fingerprint density at radius 3 is 2.86 bits per heavy atom. The molecule has 0 unspecified atom stereocenters. The SMILES string of the molecule is O=C(O)c1cccc(NCc2ccc3c(n2)CCCC3)n1. The molecule has 0 aromatic carbocycles. The van der Waals surface area contributed by atoms with Gasteiger partial charge in [-0.1, -0.05) is 12.1 Å². The van der Waals surface area contributed by atoms with Gasteiger partial charge < -0.3 is 10.4 Å². The fourth-order valence-corrected chi connectivity index (χ4v) is 2.56. The second-order valence-corrected chi connectivity index (χ2v) is 5.18. The largest absolute Gasteiger partial charge is 0.477 e. The first kappa shape index (κ1) is 13.5. The molecule has 0 atom stereocenters. The highest BCUT2D eigenvalue weighted by atomic mass is 16.4. The van der Waals surface area contributed by atoms with Gasteiger partial charge in [-0.3, -0.25) is 4.98 Å². The summed E-state index contributed by atoms with van der Waals surface area (Å²) in [5.41, 5.74) is 3.56. The maximum absolute atomic E-state index is 10.9.